The van der Waals surface area contributed by atoms with Crippen LogP contribution in [-0.2, 0) is 41.8 Å². The first-order valence-corrected chi connectivity index (χ1v) is 35.7. The van der Waals surface area contributed by atoms with Gasteiger partial charge in [-0.1, -0.05) is 146 Å². The molecule has 10 nitrogen and oxygen atoms in total. The van der Waals surface area contributed by atoms with Gasteiger partial charge in [0.2, 0.25) is 0 Å². The highest BCUT2D eigenvalue weighted by Crippen LogP contribution is 2.43. The molecule has 0 radical (unpaired) electrons. The first kappa shape index (κ1) is 65.2. The average Bonchev–Trinajstić information content (AvgIpc) is 3.23. The number of halogens is 3. The molecule has 0 aromatic heterocycles. The molecule has 71 heavy (non-hydrogen) atoms. The highest BCUT2D eigenvalue weighted by molar-refractivity contribution is 7.87. The Morgan fingerprint density at radius 1 is 0.746 bits per heavy atom. The highest BCUT2D eigenvalue weighted by atomic mass is 32.2. The number of carbonyl (C=O) groups excluding carboxylic acids is 1. The smallest absolute Gasteiger partial charge is 0.497 e. The lowest BCUT2D eigenvalue weighted by molar-refractivity contribution is -0.247. The molecule has 17 heteroatoms. The molecule has 0 unspecified atom stereocenters. The molecule has 0 bridgehead atoms. The van der Waals surface area contributed by atoms with E-state index in [4.69, 9.17) is 27.5 Å². The van der Waals surface area contributed by atoms with E-state index in [1.54, 1.807) is 19.3 Å². The van der Waals surface area contributed by atoms with E-state index in [1.165, 1.54) is 6.08 Å². The number of hydrogen-bond acceptors (Lipinski definition) is 10. The van der Waals surface area contributed by atoms with Gasteiger partial charge in [0, 0.05) is 23.8 Å². The second-order valence-electron chi connectivity index (χ2n) is 24.9. The number of hydrogen-bond donors (Lipinski definition) is 0. The number of ether oxygens (including phenoxy) is 3. The molecule has 1 aliphatic heterocycles. The number of allylic oxidation sites excluding steroid dienone is 2. The lowest BCUT2D eigenvalue weighted by Crippen LogP contribution is -2.48. The molecular formula is C54H95F3O10SSi3. The van der Waals surface area contributed by atoms with Crippen LogP contribution in [0.4, 0.5) is 13.2 Å². The summed E-state index contributed by atoms with van der Waals surface area (Å²) >= 11 is 0. The van der Waals surface area contributed by atoms with Crippen molar-refractivity contribution in [3.63, 3.8) is 0 Å². The molecule has 11 atom stereocenters. The molecule has 1 aromatic carbocycles. The Bertz CT molecular complexity index is 2020. The van der Waals surface area contributed by atoms with Gasteiger partial charge < -0.3 is 27.5 Å². The fourth-order valence-electron chi connectivity index (χ4n) is 7.70. The van der Waals surface area contributed by atoms with Crippen LogP contribution in [0.5, 0.6) is 5.75 Å². The maximum absolute atomic E-state index is 13.8. The zero-order valence-corrected chi connectivity index (χ0v) is 51.4. The van der Waals surface area contributed by atoms with E-state index in [0.29, 0.717) is 13.0 Å². The Morgan fingerprint density at radius 3 is 1.77 bits per heavy atom. The molecule has 0 aliphatic carbocycles. The van der Waals surface area contributed by atoms with Gasteiger partial charge in [0.25, 0.3) is 0 Å². The molecule has 0 spiro atoms. The van der Waals surface area contributed by atoms with Gasteiger partial charge in [0.1, 0.15) is 5.75 Å². The van der Waals surface area contributed by atoms with Crippen LogP contribution >= 0.6 is 0 Å². The zero-order chi connectivity index (χ0) is 54.9. The lowest BCUT2D eigenvalue weighted by Gasteiger charge is -2.43. The van der Waals surface area contributed by atoms with Crippen molar-refractivity contribution in [1.82, 2.24) is 0 Å². The standard InChI is InChI=1S/C54H95F3O10SSi3/c1-37(25-32-46(58)42(6)49-41(5)36-62-50(64-49)43-27-30-44(61-16)31-28-43)34-40(4)48(67-71(21,22)53(13,14)15)39(3)26-29-45(65-69(17,18)51(7,8)9)35-47(66-70(19,20)52(10,11)12)38(2)24-23-33-63-68(59,60)54(55,56)57/h23-32,37-42,45,47-50H,33-36H2,1-22H3/b24-23+,29-26-,32-25+/t37-,38-,39-,40+,41-,42-,45+,47-,48-,49-,50-/m0/s1. The van der Waals surface area contributed by atoms with Gasteiger partial charge in [0.15, 0.2) is 37.0 Å². The summed E-state index contributed by atoms with van der Waals surface area (Å²) in [4.78, 5) is 13.8. The third-order valence-electron chi connectivity index (χ3n) is 15.6. The van der Waals surface area contributed by atoms with Gasteiger partial charge in [-0.05, 0) is 103 Å². The van der Waals surface area contributed by atoms with Gasteiger partial charge in [-0.3, -0.25) is 8.98 Å². The zero-order valence-electron chi connectivity index (χ0n) is 47.6. The first-order chi connectivity index (χ1) is 32.1. The van der Waals surface area contributed by atoms with Crippen molar-refractivity contribution in [3.8, 4) is 5.75 Å². The van der Waals surface area contributed by atoms with Crippen molar-refractivity contribution in [2.45, 2.75) is 207 Å². The SMILES string of the molecule is COc1ccc([C@H]2OC[C@H](C)[C@@H]([C@@H](C)C(=O)/C=C/[C@H](C)C[C@@H](C)[C@@H](O[Si](C)(C)C(C)(C)C)[C@@H](C)/C=C\[C@H](C[C@H](O[Si](C)(C)C(C)(C)C)[C@@H](C)/C=C/COS(=O)(=O)C(F)(F)F)O[Si](C)(C)C(C)(C)C)O2)cc1. The van der Waals surface area contributed by atoms with E-state index >= 15 is 0 Å². The number of ketones is 1. The molecule has 2 rings (SSSR count). The molecule has 1 saturated heterocycles. The maximum atomic E-state index is 13.8. The predicted octanol–water partition coefficient (Wildman–Crippen LogP) is 15.0. The third kappa shape index (κ3) is 19.3. The molecule has 0 saturated carbocycles. The van der Waals surface area contributed by atoms with Crippen molar-refractivity contribution in [3.05, 3.63) is 66.3 Å². The van der Waals surface area contributed by atoms with Crippen molar-refractivity contribution >= 4 is 40.9 Å². The number of alkyl halides is 3. The number of methoxy groups -OCH3 is 1. The molecular weight excluding hydrogens is 982 g/mol. The summed E-state index contributed by atoms with van der Waals surface area (Å²) < 4.78 is 106. The maximum Gasteiger partial charge on any atom is 0.523 e. The Hall–Kier alpha value is -1.94. The molecule has 410 valence electrons. The van der Waals surface area contributed by atoms with Crippen LogP contribution in [0.1, 0.15) is 129 Å². The van der Waals surface area contributed by atoms with Gasteiger partial charge in [0.05, 0.1) is 44.7 Å². The van der Waals surface area contributed by atoms with Crippen LogP contribution in [-0.4, -0.2) is 89.4 Å². The van der Waals surface area contributed by atoms with Crippen molar-refractivity contribution in [2.24, 2.45) is 35.5 Å². The normalized spacial score (nSPS) is 22.1. The van der Waals surface area contributed by atoms with Crippen LogP contribution in [0.15, 0.2) is 60.7 Å². The largest absolute Gasteiger partial charge is 0.523 e. The minimum Gasteiger partial charge on any atom is -0.497 e. The second kappa shape index (κ2) is 25.7. The molecule has 0 N–H and O–H groups in total. The molecule has 1 fully saturated rings. The molecule has 1 aliphatic rings. The predicted molar refractivity (Wildman–Crippen MR) is 290 cm³/mol. The van der Waals surface area contributed by atoms with E-state index < -0.39 is 65.7 Å². The topological polar surface area (TPSA) is 116 Å². The summed E-state index contributed by atoms with van der Waals surface area (Å²) in [5.74, 6) is 0.203. The van der Waals surface area contributed by atoms with E-state index in [-0.39, 0.29) is 68.6 Å². The van der Waals surface area contributed by atoms with Gasteiger partial charge in [-0.15, -0.1) is 0 Å². The summed E-state index contributed by atoms with van der Waals surface area (Å²) in [6.07, 6.45) is 10.5. The van der Waals surface area contributed by atoms with Crippen LogP contribution in [0.2, 0.25) is 54.4 Å². The van der Waals surface area contributed by atoms with E-state index in [2.05, 4.69) is 146 Å². The van der Waals surface area contributed by atoms with Gasteiger partial charge in [-0.25, -0.2) is 0 Å². The number of rotatable bonds is 25. The number of carbonyl (C=O) groups is 1. The fourth-order valence-corrected chi connectivity index (χ4v) is 12.3. The monoisotopic (exact) mass is 1080 g/mol. The number of benzene rings is 1. The van der Waals surface area contributed by atoms with Crippen molar-refractivity contribution in [2.75, 3.05) is 20.3 Å². The van der Waals surface area contributed by atoms with Crippen molar-refractivity contribution in [1.29, 1.82) is 0 Å². The summed E-state index contributed by atoms with van der Waals surface area (Å²) in [6, 6.07) is 7.58. The van der Waals surface area contributed by atoms with Crippen LogP contribution in [0.3, 0.4) is 0 Å². The first-order valence-electron chi connectivity index (χ1n) is 25.5. The molecule has 1 aromatic rings. The van der Waals surface area contributed by atoms with Crippen LogP contribution in [0.25, 0.3) is 0 Å². The Labute approximate surface area is 432 Å². The van der Waals surface area contributed by atoms with Gasteiger partial charge >= 0.3 is 15.6 Å². The van der Waals surface area contributed by atoms with Crippen LogP contribution < -0.4 is 4.74 Å². The fraction of sp³-hybridized carbons (Fsp3) is 0.759. The van der Waals surface area contributed by atoms with E-state index in [0.717, 1.165) is 17.7 Å². The minimum absolute atomic E-state index is 0.0123. The van der Waals surface area contributed by atoms with Crippen LogP contribution in [0, 0.1) is 35.5 Å². The average molecular weight is 1080 g/mol. The summed E-state index contributed by atoms with van der Waals surface area (Å²) in [5, 5.41) is -0.318. The highest BCUT2D eigenvalue weighted by Gasteiger charge is 2.48. The Morgan fingerprint density at radius 2 is 1.27 bits per heavy atom. The summed E-state index contributed by atoms with van der Waals surface area (Å²) in [7, 11) is -11.2. The van der Waals surface area contributed by atoms with E-state index in [9.17, 15) is 26.4 Å². The summed E-state index contributed by atoms with van der Waals surface area (Å²) in [6.45, 7) is 45.3. The minimum atomic E-state index is -5.73. The van der Waals surface area contributed by atoms with Gasteiger partial charge in [-0.2, -0.15) is 21.6 Å². The van der Waals surface area contributed by atoms with Crippen molar-refractivity contribution < 1.29 is 58.1 Å². The molecule has 1 heterocycles. The summed E-state index contributed by atoms with van der Waals surface area (Å²) in [5.41, 5.74) is -4.64. The second-order valence-corrected chi connectivity index (χ2v) is 40.8. The Kier molecular flexibility index (Phi) is 23.6. The molecule has 0 amide bonds. The van der Waals surface area contributed by atoms with E-state index in [1.807, 2.05) is 44.2 Å². The Balaban J connectivity index is 2.50. The lowest BCUT2D eigenvalue weighted by atomic mass is 9.85. The third-order valence-corrected chi connectivity index (χ3v) is 30.1. The quantitative estimate of drug-likeness (QED) is 0.0308.